The molecular formula is C18H18N4O2. The Balaban J connectivity index is 2.03. The van der Waals surface area contributed by atoms with Gasteiger partial charge < -0.3 is 4.74 Å². The van der Waals surface area contributed by atoms with E-state index in [0.717, 1.165) is 17.1 Å². The summed E-state index contributed by atoms with van der Waals surface area (Å²) in [5, 5.41) is 3.10. The van der Waals surface area contributed by atoms with E-state index >= 15 is 0 Å². The van der Waals surface area contributed by atoms with Crippen molar-refractivity contribution in [1.82, 2.24) is 14.8 Å². The van der Waals surface area contributed by atoms with Gasteiger partial charge in [-0.05, 0) is 50.2 Å². The number of rotatable bonds is 4. The second-order valence-electron chi connectivity index (χ2n) is 5.34. The summed E-state index contributed by atoms with van der Waals surface area (Å²) in [6.45, 7) is 3.67. The molecule has 3 aromatic rings. The van der Waals surface area contributed by atoms with Gasteiger partial charge in [0, 0.05) is 11.9 Å². The summed E-state index contributed by atoms with van der Waals surface area (Å²) < 4.78 is 6.65. The van der Waals surface area contributed by atoms with Crippen LogP contribution in [-0.4, -0.2) is 27.6 Å². The maximum Gasteiger partial charge on any atom is 0.280 e. The van der Waals surface area contributed by atoms with E-state index in [0.29, 0.717) is 17.1 Å². The van der Waals surface area contributed by atoms with E-state index in [1.807, 2.05) is 50.2 Å². The number of pyridine rings is 1. The molecule has 2 heterocycles. The summed E-state index contributed by atoms with van der Waals surface area (Å²) in [6.07, 6.45) is 1.67. The Morgan fingerprint density at radius 3 is 2.58 bits per heavy atom. The maximum absolute atomic E-state index is 12.8. The van der Waals surface area contributed by atoms with Crippen molar-refractivity contribution in [2.24, 2.45) is 4.99 Å². The Hall–Kier alpha value is -3.15. The number of aliphatic imine (C=N–C) groups is 1. The molecule has 0 fully saturated rings. The topological polar surface area (TPSA) is 72.3 Å². The molecule has 1 N–H and O–H groups in total. The summed E-state index contributed by atoms with van der Waals surface area (Å²) in [5.74, 6) is 1.31. The number of hydrogen-bond acceptors (Lipinski definition) is 4. The summed E-state index contributed by atoms with van der Waals surface area (Å²) in [5.41, 5.74) is 2.53. The van der Waals surface area contributed by atoms with Gasteiger partial charge in [-0.25, -0.2) is 14.7 Å². The first-order valence-corrected chi connectivity index (χ1v) is 7.53. The molecular weight excluding hydrogens is 304 g/mol. The molecule has 0 unspecified atom stereocenters. The normalized spacial score (nSPS) is 11.5. The Bertz CT molecular complexity index is 922. The maximum atomic E-state index is 12.8. The molecule has 0 atom stereocenters. The van der Waals surface area contributed by atoms with E-state index in [1.165, 1.54) is 4.68 Å². The van der Waals surface area contributed by atoms with Crippen LogP contribution in [0.2, 0.25) is 0 Å². The molecule has 0 aliphatic carbocycles. The van der Waals surface area contributed by atoms with Crippen LogP contribution in [0.4, 0.5) is 5.82 Å². The summed E-state index contributed by atoms with van der Waals surface area (Å²) in [4.78, 5) is 21.4. The number of ether oxygens (including phenoxy) is 1. The van der Waals surface area contributed by atoms with E-state index in [4.69, 9.17) is 4.74 Å². The first-order valence-electron chi connectivity index (χ1n) is 7.53. The van der Waals surface area contributed by atoms with Crippen LogP contribution in [0.15, 0.2) is 58.4 Å². The van der Waals surface area contributed by atoms with Crippen molar-refractivity contribution in [1.29, 1.82) is 0 Å². The van der Waals surface area contributed by atoms with E-state index in [9.17, 15) is 4.79 Å². The predicted octanol–water partition coefficient (Wildman–Crippen LogP) is 3.02. The van der Waals surface area contributed by atoms with Crippen LogP contribution in [0.25, 0.3) is 5.69 Å². The van der Waals surface area contributed by atoms with Crippen molar-refractivity contribution in [3.8, 4) is 11.4 Å². The zero-order chi connectivity index (χ0) is 17.1. The zero-order valence-electron chi connectivity index (χ0n) is 13.8. The molecule has 0 radical (unpaired) electrons. The van der Waals surface area contributed by atoms with Gasteiger partial charge in [0.1, 0.15) is 5.75 Å². The molecule has 1 aromatic carbocycles. The fourth-order valence-corrected chi connectivity index (χ4v) is 2.53. The van der Waals surface area contributed by atoms with Crippen molar-refractivity contribution >= 4 is 11.5 Å². The summed E-state index contributed by atoms with van der Waals surface area (Å²) >= 11 is 0. The third-order valence-electron chi connectivity index (χ3n) is 3.70. The number of H-pyrrole nitrogens is 1. The molecule has 6 heteroatoms. The molecule has 24 heavy (non-hydrogen) atoms. The van der Waals surface area contributed by atoms with Gasteiger partial charge in [0.2, 0.25) is 0 Å². The third kappa shape index (κ3) is 2.99. The predicted molar refractivity (Wildman–Crippen MR) is 93.8 cm³/mol. The van der Waals surface area contributed by atoms with Crippen LogP contribution in [0.1, 0.15) is 18.2 Å². The van der Waals surface area contributed by atoms with Crippen molar-refractivity contribution in [2.75, 3.05) is 7.11 Å². The highest BCUT2D eigenvalue weighted by atomic mass is 16.5. The van der Waals surface area contributed by atoms with Gasteiger partial charge in [0.05, 0.1) is 24.1 Å². The lowest BCUT2D eigenvalue weighted by Gasteiger charge is -2.03. The summed E-state index contributed by atoms with van der Waals surface area (Å²) in [6, 6.07) is 12.8. The van der Waals surface area contributed by atoms with E-state index in [2.05, 4.69) is 15.1 Å². The lowest BCUT2D eigenvalue weighted by molar-refractivity contribution is 0.414. The quantitative estimate of drug-likeness (QED) is 0.750. The minimum atomic E-state index is -0.144. The van der Waals surface area contributed by atoms with Crippen LogP contribution >= 0.6 is 0 Å². The van der Waals surface area contributed by atoms with Crippen LogP contribution < -0.4 is 10.3 Å². The molecule has 6 nitrogen and oxygen atoms in total. The number of nitrogens with one attached hydrogen (secondary N) is 1. The van der Waals surface area contributed by atoms with Crippen molar-refractivity contribution in [2.45, 2.75) is 13.8 Å². The molecule has 0 bridgehead atoms. The van der Waals surface area contributed by atoms with Gasteiger partial charge in [-0.1, -0.05) is 6.07 Å². The van der Waals surface area contributed by atoms with Gasteiger partial charge in [0.15, 0.2) is 5.82 Å². The van der Waals surface area contributed by atoms with Gasteiger partial charge in [-0.15, -0.1) is 0 Å². The van der Waals surface area contributed by atoms with Crippen LogP contribution in [-0.2, 0) is 0 Å². The summed E-state index contributed by atoms with van der Waals surface area (Å²) in [7, 11) is 1.61. The molecule has 0 saturated carbocycles. The van der Waals surface area contributed by atoms with Crippen LogP contribution in [0, 0.1) is 6.92 Å². The smallest absolute Gasteiger partial charge is 0.280 e. The van der Waals surface area contributed by atoms with Crippen LogP contribution in [0.5, 0.6) is 5.75 Å². The van der Waals surface area contributed by atoms with Crippen molar-refractivity contribution in [3.63, 3.8) is 0 Å². The standard InChI is InChI=1S/C18H18N4O2/c1-12(20-16-6-4-5-11-19-16)17-13(2)21-22(18(17)23)14-7-9-15(24-3)10-8-14/h4-11,21H,1-3H3/b20-12+. The largest absolute Gasteiger partial charge is 0.497 e. The molecule has 0 amide bonds. The molecule has 0 aliphatic heterocycles. The van der Waals surface area contributed by atoms with Crippen molar-refractivity contribution < 1.29 is 4.74 Å². The fourth-order valence-electron chi connectivity index (χ4n) is 2.53. The van der Waals surface area contributed by atoms with Gasteiger partial charge in [-0.3, -0.25) is 9.89 Å². The monoisotopic (exact) mass is 322 g/mol. The van der Waals surface area contributed by atoms with Crippen LogP contribution in [0.3, 0.4) is 0 Å². The van der Waals surface area contributed by atoms with Gasteiger partial charge >= 0.3 is 0 Å². The van der Waals surface area contributed by atoms with E-state index in [1.54, 1.807) is 19.4 Å². The Morgan fingerprint density at radius 1 is 1.21 bits per heavy atom. The molecule has 3 rings (SSSR count). The third-order valence-corrected chi connectivity index (χ3v) is 3.70. The number of aryl methyl sites for hydroxylation is 1. The number of aromatic nitrogens is 3. The first kappa shape index (κ1) is 15.7. The lowest BCUT2D eigenvalue weighted by Crippen LogP contribution is -2.19. The SMILES string of the molecule is COc1ccc(-n2[nH]c(C)c(/C(C)=N/c3ccccn3)c2=O)cc1. The first-order chi connectivity index (χ1) is 11.6. The second-order valence-corrected chi connectivity index (χ2v) is 5.34. The number of aromatic amines is 1. The lowest BCUT2D eigenvalue weighted by atomic mass is 10.2. The number of hydrogen-bond donors (Lipinski definition) is 1. The van der Waals surface area contributed by atoms with Gasteiger partial charge in [-0.2, -0.15) is 0 Å². The Labute approximate surface area is 139 Å². The zero-order valence-corrected chi connectivity index (χ0v) is 13.8. The highest BCUT2D eigenvalue weighted by Gasteiger charge is 2.15. The average Bonchev–Trinajstić information content (AvgIpc) is 2.90. The average molecular weight is 322 g/mol. The minimum Gasteiger partial charge on any atom is -0.497 e. The number of methoxy groups -OCH3 is 1. The van der Waals surface area contributed by atoms with Gasteiger partial charge in [0.25, 0.3) is 5.56 Å². The molecule has 122 valence electrons. The van der Waals surface area contributed by atoms with Crippen molar-refractivity contribution in [3.05, 3.63) is 70.3 Å². The molecule has 0 spiro atoms. The fraction of sp³-hybridized carbons (Fsp3) is 0.167. The Morgan fingerprint density at radius 2 is 1.96 bits per heavy atom. The minimum absolute atomic E-state index is 0.144. The molecule has 0 saturated heterocycles. The number of nitrogens with zero attached hydrogens (tertiary/aromatic N) is 3. The van der Waals surface area contributed by atoms with E-state index in [-0.39, 0.29) is 5.56 Å². The Kier molecular flexibility index (Phi) is 4.29. The highest BCUT2D eigenvalue weighted by molar-refractivity contribution is 6.00. The number of benzene rings is 1. The molecule has 0 aliphatic rings. The highest BCUT2D eigenvalue weighted by Crippen LogP contribution is 2.15. The molecule has 2 aromatic heterocycles. The van der Waals surface area contributed by atoms with E-state index < -0.39 is 0 Å². The second kappa shape index (κ2) is 6.54.